The van der Waals surface area contributed by atoms with Gasteiger partial charge >= 0.3 is 0 Å². The maximum atomic E-state index is 11.5. The summed E-state index contributed by atoms with van der Waals surface area (Å²) >= 11 is 0. The highest BCUT2D eigenvalue weighted by molar-refractivity contribution is 7.91. The van der Waals surface area contributed by atoms with Gasteiger partial charge in [0.15, 0.2) is 9.84 Å². The predicted octanol–water partition coefficient (Wildman–Crippen LogP) is 2.23. The summed E-state index contributed by atoms with van der Waals surface area (Å²) in [4.78, 5) is 0. The largest absolute Gasteiger partial charge is 0.312 e. The van der Waals surface area contributed by atoms with Gasteiger partial charge in [-0.25, -0.2) is 8.42 Å². The normalized spacial score (nSPS) is 38.2. The molecule has 0 spiro atoms. The number of fused-ring (bicyclic) bond motifs is 2. The molecule has 0 radical (unpaired) electrons. The molecule has 2 bridgehead atoms. The average Bonchev–Trinajstić information content (AvgIpc) is 2.62. The topological polar surface area (TPSA) is 46.2 Å². The lowest BCUT2D eigenvalue weighted by Gasteiger charge is -2.39. The second-order valence-electron chi connectivity index (χ2n) is 6.85. The third-order valence-electron chi connectivity index (χ3n) is 6.04. The zero-order valence-corrected chi connectivity index (χ0v) is 12.9. The number of hydrogen-bond donors (Lipinski definition) is 1. The lowest BCUT2D eigenvalue weighted by atomic mass is 9.69. The van der Waals surface area contributed by atoms with Crippen molar-refractivity contribution in [2.75, 3.05) is 18.1 Å². The first kappa shape index (κ1) is 14.3. The van der Waals surface area contributed by atoms with E-state index in [2.05, 4.69) is 26.1 Å². The Labute approximate surface area is 112 Å². The highest BCUT2D eigenvalue weighted by Crippen LogP contribution is 2.65. The Bertz CT molecular complexity index is 416. The zero-order chi connectivity index (χ0) is 13.6. The minimum absolute atomic E-state index is 0.255. The van der Waals surface area contributed by atoms with Crippen molar-refractivity contribution in [2.45, 2.75) is 53.0 Å². The van der Waals surface area contributed by atoms with Crippen molar-refractivity contribution in [3.8, 4) is 0 Å². The van der Waals surface area contributed by atoms with Gasteiger partial charge in [0.05, 0.1) is 5.75 Å². The monoisotopic (exact) mass is 273 g/mol. The summed E-state index contributed by atoms with van der Waals surface area (Å²) in [5.41, 5.74) is 0.738. The third kappa shape index (κ3) is 2.11. The summed E-state index contributed by atoms with van der Waals surface area (Å²) in [6.45, 7) is 9.48. The third-order valence-corrected chi connectivity index (χ3v) is 7.74. The van der Waals surface area contributed by atoms with Gasteiger partial charge in [0.1, 0.15) is 0 Å². The zero-order valence-electron chi connectivity index (χ0n) is 12.1. The van der Waals surface area contributed by atoms with E-state index in [0.29, 0.717) is 23.4 Å². The number of nitrogens with one attached hydrogen (secondary N) is 1. The molecule has 18 heavy (non-hydrogen) atoms. The fourth-order valence-corrected chi connectivity index (χ4v) is 4.76. The molecule has 3 nitrogen and oxygen atoms in total. The minimum atomic E-state index is -2.84. The van der Waals surface area contributed by atoms with Crippen molar-refractivity contribution < 1.29 is 8.42 Å². The van der Waals surface area contributed by atoms with Crippen molar-refractivity contribution in [1.29, 1.82) is 0 Å². The van der Waals surface area contributed by atoms with Crippen molar-refractivity contribution in [1.82, 2.24) is 5.32 Å². The maximum Gasteiger partial charge on any atom is 0.151 e. The van der Waals surface area contributed by atoms with Gasteiger partial charge in [-0.05, 0) is 36.0 Å². The van der Waals surface area contributed by atoms with E-state index in [1.807, 2.05) is 0 Å². The molecule has 2 fully saturated rings. The predicted molar refractivity (Wildman–Crippen MR) is 75.3 cm³/mol. The molecule has 2 aliphatic rings. The van der Waals surface area contributed by atoms with Crippen LogP contribution in [0.25, 0.3) is 0 Å². The second-order valence-corrected chi connectivity index (χ2v) is 9.33. The van der Waals surface area contributed by atoms with Crippen LogP contribution in [0.15, 0.2) is 0 Å². The summed E-state index contributed by atoms with van der Waals surface area (Å²) in [7, 11) is -2.84. The van der Waals surface area contributed by atoms with Gasteiger partial charge in [-0.1, -0.05) is 27.7 Å². The lowest BCUT2D eigenvalue weighted by molar-refractivity contribution is 0.122. The minimum Gasteiger partial charge on any atom is -0.312 e. The molecule has 4 heteroatoms. The van der Waals surface area contributed by atoms with Gasteiger partial charge in [0.2, 0.25) is 0 Å². The van der Waals surface area contributed by atoms with Gasteiger partial charge in [-0.2, -0.15) is 0 Å². The molecule has 1 N–H and O–H groups in total. The molecule has 0 saturated heterocycles. The molecule has 0 aromatic carbocycles. The Hall–Kier alpha value is -0.0900. The molecule has 106 valence electrons. The van der Waals surface area contributed by atoms with Crippen LogP contribution in [-0.4, -0.2) is 32.5 Å². The Morgan fingerprint density at radius 2 is 1.94 bits per heavy atom. The standard InChI is InChI=1S/C14H27NO2S/c1-5-18(16,17)9-8-15-12-10-11-6-7-14(12,4)13(11,2)3/h11-12,15H,5-10H2,1-4H3. The van der Waals surface area contributed by atoms with E-state index < -0.39 is 9.84 Å². The Balaban J connectivity index is 1.94. The quantitative estimate of drug-likeness (QED) is 0.835. The summed E-state index contributed by atoms with van der Waals surface area (Å²) in [5.74, 6) is 1.34. The van der Waals surface area contributed by atoms with E-state index in [9.17, 15) is 8.42 Å². The summed E-state index contributed by atoms with van der Waals surface area (Å²) in [5, 5.41) is 3.52. The van der Waals surface area contributed by atoms with Crippen LogP contribution in [0.5, 0.6) is 0 Å². The van der Waals surface area contributed by atoms with Gasteiger partial charge in [-0.15, -0.1) is 0 Å². The van der Waals surface area contributed by atoms with E-state index in [1.54, 1.807) is 6.92 Å². The maximum absolute atomic E-state index is 11.5. The van der Waals surface area contributed by atoms with Gasteiger partial charge in [0, 0.05) is 18.3 Å². The summed E-state index contributed by atoms with van der Waals surface area (Å²) < 4.78 is 23.0. The van der Waals surface area contributed by atoms with E-state index in [0.717, 1.165) is 5.92 Å². The van der Waals surface area contributed by atoms with E-state index in [-0.39, 0.29) is 11.5 Å². The summed E-state index contributed by atoms with van der Waals surface area (Å²) in [6.07, 6.45) is 3.84. The average molecular weight is 273 g/mol. The van der Waals surface area contributed by atoms with Gasteiger partial charge in [0.25, 0.3) is 0 Å². The number of sulfone groups is 1. The number of hydrogen-bond acceptors (Lipinski definition) is 3. The van der Waals surface area contributed by atoms with Crippen LogP contribution >= 0.6 is 0 Å². The Morgan fingerprint density at radius 3 is 2.39 bits per heavy atom. The van der Waals surface area contributed by atoms with Crippen LogP contribution in [-0.2, 0) is 9.84 Å². The van der Waals surface area contributed by atoms with Crippen molar-refractivity contribution in [3.63, 3.8) is 0 Å². The van der Waals surface area contributed by atoms with Crippen molar-refractivity contribution >= 4 is 9.84 Å². The summed E-state index contributed by atoms with van der Waals surface area (Å²) in [6, 6.07) is 0.498. The molecule has 0 aromatic heterocycles. The first-order valence-electron chi connectivity index (χ1n) is 7.17. The molecule has 2 saturated carbocycles. The van der Waals surface area contributed by atoms with Crippen LogP contribution in [0, 0.1) is 16.7 Å². The Kier molecular flexibility index (Phi) is 3.56. The molecule has 2 aliphatic carbocycles. The highest BCUT2D eigenvalue weighted by atomic mass is 32.2. The van der Waals surface area contributed by atoms with Gasteiger partial charge < -0.3 is 5.32 Å². The van der Waals surface area contributed by atoms with E-state index >= 15 is 0 Å². The second kappa shape index (κ2) is 4.48. The molecular weight excluding hydrogens is 246 g/mol. The molecule has 0 amide bonds. The molecule has 3 unspecified atom stereocenters. The van der Waals surface area contributed by atoms with Crippen LogP contribution in [0.3, 0.4) is 0 Å². The van der Waals surface area contributed by atoms with E-state index in [1.165, 1.54) is 19.3 Å². The molecule has 3 atom stereocenters. The lowest BCUT2D eigenvalue weighted by Crippen LogP contribution is -2.45. The first-order chi connectivity index (χ1) is 8.23. The van der Waals surface area contributed by atoms with Crippen molar-refractivity contribution in [2.24, 2.45) is 16.7 Å². The fourth-order valence-electron chi connectivity index (χ4n) is 4.05. The van der Waals surface area contributed by atoms with E-state index in [4.69, 9.17) is 0 Å². The smallest absolute Gasteiger partial charge is 0.151 e. The van der Waals surface area contributed by atoms with Crippen LogP contribution in [0.4, 0.5) is 0 Å². The highest BCUT2D eigenvalue weighted by Gasteiger charge is 2.60. The molecule has 2 rings (SSSR count). The van der Waals surface area contributed by atoms with Crippen LogP contribution < -0.4 is 5.32 Å². The first-order valence-corrected chi connectivity index (χ1v) is 8.99. The molecule has 0 heterocycles. The van der Waals surface area contributed by atoms with Gasteiger partial charge in [-0.3, -0.25) is 0 Å². The van der Waals surface area contributed by atoms with Crippen LogP contribution in [0.2, 0.25) is 0 Å². The van der Waals surface area contributed by atoms with Crippen molar-refractivity contribution in [3.05, 3.63) is 0 Å². The SMILES string of the molecule is CCS(=O)(=O)CCNC1CC2CCC1(C)C2(C)C. The van der Waals surface area contributed by atoms with Crippen LogP contribution in [0.1, 0.15) is 47.0 Å². The molecule has 0 aromatic rings. The number of rotatable bonds is 5. The fraction of sp³-hybridized carbons (Fsp3) is 1.00. The molecular formula is C14H27NO2S. The Morgan fingerprint density at radius 1 is 1.28 bits per heavy atom. The molecule has 0 aliphatic heterocycles.